The summed E-state index contributed by atoms with van der Waals surface area (Å²) >= 11 is 6.16. The largest absolute Gasteiger partial charge is 0.397 e. The fourth-order valence-electron chi connectivity index (χ4n) is 2.78. The lowest BCUT2D eigenvalue weighted by atomic mass is 10.1. The molecule has 3 N–H and O–H groups in total. The normalized spacial score (nSPS) is 10.9. The van der Waals surface area contributed by atoms with Gasteiger partial charge in [-0.2, -0.15) is 5.10 Å². The van der Waals surface area contributed by atoms with Crippen LogP contribution in [0.15, 0.2) is 30.3 Å². The molecule has 0 saturated heterocycles. The van der Waals surface area contributed by atoms with Crippen molar-refractivity contribution in [1.29, 1.82) is 0 Å². The van der Waals surface area contributed by atoms with Gasteiger partial charge in [-0.3, -0.25) is 14.8 Å². The summed E-state index contributed by atoms with van der Waals surface area (Å²) in [5.74, 6) is -1.04. The van der Waals surface area contributed by atoms with Crippen LogP contribution >= 0.6 is 11.6 Å². The molecule has 1 heterocycles. The standard InChI is InChI=1S/C17H14ClF2N5O2/c1-8-15(11-4-3-9(19)5-12(11)18)17(24(2)23-8)22-16-13(20)6-10(25(26)27)7-14(16)21/h3-7,22H,21H2,1-2H3. The molecule has 0 aliphatic carbocycles. The number of nitrogen functional groups attached to an aromatic ring is 1. The van der Waals surface area contributed by atoms with Crippen molar-refractivity contribution in [3.8, 4) is 11.1 Å². The minimum Gasteiger partial charge on any atom is -0.397 e. The highest BCUT2D eigenvalue weighted by atomic mass is 35.5. The minimum absolute atomic E-state index is 0.136. The molecule has 1 aromatic heterocycles. The van der Waals surface area contributed by atoms with Gasteiger partial charge in [0, 0.05) is 24.2 Å². The van der Waals surface area contributed by atoms with Crippen molar-refractivity contribution < 1.29 is 13.7 Å². The summed E-state index contributed by atoms with van der Waals surface area (Å²) < 4.78 is 29.2. The smallest absolute Gasteiger partial charge is 0.274 e. The number of hydrogen-bond donors (Lipinski definition) is 2. The Morgan fingerprint density at radius 3 is 2.59 bits per heavy atom. The fraction of sp³-hybridized carbons (Fsp3) is 0.118. The van der Waals surface area contributed by atoms with Gasteiger partial charge in [0.15, 0.2) is 5.82 Å². The van der Waals surface area contributed by atoms with Crippen LogP contribution in [0.4, 0.5) is 31.7 Å². The van der Waals surface area contributed by atoms with Crippen LogP contribution in [0.5, 0.6) is 0 Å². The lowest BCUT2D eigenvalue weighted by molar-refractivity contribution is -0.385. The summed E-state index contributed by atoms with van der Waals surface area (Å²) in [6, 6.07) is 5.72. The molecule has 0 saturated carbocycles. The number of rotatable bonds is 4. The van der Waals surface area contributed by atoms with Crippen molar-refractivity contribution in [2.45, 2.75) is 6.92 Å². The third-order valence-electron chi connectivity index (χ3n) is 3.98. The topological polar surface area (TPSA) is 99.0 Å². The van der Waals surface area contributed by atoms with E-state index in [1.54, 1.807) is 14.0 Å². The van der Waals surface area contributed by atoms with Crippen molar-refractivity contribution in [3.63, 3.8) is 0 Å². The Balaban J connectivity index is 2.13. The number of nitrogens with zero attached hydrogens (tertiary/aromatic N) is 3. The first kappa shape index (κ1) is 18.6. The number of aromatic nitrogens is 2. The third kappa shape index (κ3) is 3.41. The molecule has 0 spiro atoms. The zero-order valence-electron chi connectivity index (χ0n) is 14.3. The van der Waals surface area contributed by atoms with Gasteiger partial charge in [-0.15, -0.1) is 0 Å². The highest BCUT2D eigenvalue weighted by Gasteiger charge is 2.21. The van der Waals surface area contributed by atoms with Gasteiger partial charge in [-0.1, -0.05) is 11.6 Å². The van der Waals surface area contributed by atoms with E-state index in [4.69, 9.17) is 17.3 Å². The summed E-state index contributed by atoms with van der Waals surface area (Å²) in [5.41, 5.74) is 6.64. The molecule has 140 valence electrons. The summed E-state index contributed by atoms with van der Waals surface area (Å²) in [6.07, 6.45) is 0. The molecule has 0 radical (unpaired) electrons. The molecule has 3 rings (SSSR count). The highest BCUT2D eigenvalue weighted by Crippen LogP contribution is 2.39. The zero-order valence-corrected chi connectivity index (χ0v) is 15.0. The Bertz CT molecular complexity index is 1040. The molecule has 27 heavy (non-hydrogen) atoms. The Morgan fingerprint density at radius 2 is 2.00 bits per heavy atom. The second-order valence-electron chi connectivity index (χ2n) is 5.83. The first-order chi connectivity index (χ1) is 12.7. The Hall–Kier alpha value is -3.20. The molecule has 0 aliphatic heterocycles. The molecule has 0 amide bonds. The van der Waals surface area contributed by atoms with E-state index in [1.165, 1.54) is 16.8 Å². The van der Waals surface area contributed by atoms with Gasteiger partial charge in [-0.05, 0) is 25.1 Å². The minimum atomic E-state index is -0.892. The number of aryl methyl sites for hydroxylation is 2. The molecule has 0 fully saturated rings. The predicted octanol–water partition coefficient (Wildman–Crippen LogP) is 4.56. The lowest BCUT2D eigenvalue weighted by Gasteiger charge is -2.13. The number of nitrogens with one attached hydrogen (secondary N) is 1. The summed E-state index contributed by atoms with van der Waals surface area (Å²) in [6.45, 7) is 1.72. The molecular weight excluding hydrogens is 380 g/mol. The van der Waals surface area contributed by atoms with Gasteiger partial charge in [0.1, 0.15) is 11.6 Å². The number of hydrogen-bond acceptors (Lipinski definition) is 5. The third-order valence-corrected chi connectivity index (χ3v) is 4.30. The van der Waals surface area contributed by atoms with E-state index in [9.17, 15) is 18.9 Å². The number of nitro groups is 1. The number of nitrogens with two attached hydrogens (primary N) is 1. The molecule has 10 heteroatoms. The van der Waals surface area contributed by atoms with Crippen molar-refractivity contribution in [3.05, 3.63) is 62.8 Å². The highest BCUT2D eigenvalue weighted by molar-refractivity contribution is 6.33. The van der Waals surface area contributed by atoms with E-state index < -0.39 is 22.2 Å². The predicted molar refractivity (Wildman–Crippen MR) is 99.1 cm³/mol. The molecule has 0 unspecified atom stereocenters. The van der Waals surface area contributed by atoms with E-state index in [1.807, 2.05) is 0 Å². The van der Waals surface area contributed by atoms with Gasteiger partial charge in [0.25, 0.3) is 5.69 Å². The van der Waals surface area contributed by atoms with Crippen molar-refractivity contribution >= 4 is 34.5 Å². The van der Waals surface area contributed by atoms with Gasteiger partial charge in [0.05, 0.1) is 33.1 Å². The maximum absolute atomic E-state index is 14.4. The van der Waals surface area contributed by atoms with Gasteiger partial charge < -0.3 is 11.1 Å². The fourth-order valence-corrected chi connectivity index (χ4v) is 3.05. The molecule has 0 bridgehead atoms. The number of anilines is 3. The number of non-ortho nitro benzene ring substituents is 1. The van der Waals surface area contributed by atoms with Gasteiger partial charge in [-0.25, -0.2) is 8.78 Å². The molecular formula is C17H14ClF2N5O2. The van der Waals surface area contributed by atoms with Crippen molar-refractivity contribution in [1.82, 2.24) is 9.78 Å². The molecule has 0 atom stereocenters. The Morgan fingerprint density at radius 1 is 1.30 bits per heavy atom. The first-order valence-electron chi connectivity index (χ1n) is 7.68. The first-order valence-corrected chi connectivity index (χ1v) is 8.06. The zero-order chi connectivity index (χ0) is 19.9. The average molecular weight is 394 g/mol. The lowest BCUT2D eigenvalue weighted by Crippen LogP contribution is -2.05. The average Bonchev–Trinajstić information content (AvgIpc) is 2.84. The number of nitro benzene ring substituents is 1. The van der Waals surface area contributed by atoms with Crippen LogP contribution in [0.1, 0.15) is 5.69 Å². The maximum Gasteiger partial charge on any atom is 0.274 e. The van der Waals surface area contributed by atoms with E-state index in [0.29, 0.717) is 22.6 Å². The van der Waals surface area contributed by atoms with E-state index >= 15 is 0 Å². The molecule has 2 aromatic carbocycles. The second-order valence-corrected chi connectivity index (χ2v) is 6.24. The molecule has 3 aromatic rings. The molecule has 0 aliphatic rings. The SMILES string of the molecule is Cc1nn(C)c(Nc2c(N)cc([N+](=O)[O-])cc2F)c1-c1ccc(F)cc1Cl. The van der Waals surface area contributed by atoms with Crippen LogP contribution in [-0.2, 0) is 7.05 Å². The van der Waals surface area contributed by atoms with Crippen LogP contribution in [-0.4, -0.2) is 14.7 Å². The van der Waals surface area contributed by atoms with Crippen molar-refractivity contribution in [2.24, 2.45) is 7.05 Å². The van der Waals surface area contributed by atoms with Crippen LogP contribution in [0.2, 0.25) is 5.02 Å². The van der Waals surface area contributed by atoms with E-state index in [2.05, 4.69) is 10.4 Å². The summed E-state index contributed by atoms with van der Waals surface area (Å²) in [7, 11) is 1.62. The number of benzene rings is 2. The molecule has 7 nitrogen and oxygen atoms in total. The Labute approximate surface area is 157 Å². The van der Waals surface area contributed by atoms with Crippen molar-refractivity contribution in [2.75, 3.05) is 11.1 Å². The van der Waals surface area contributed by atoms with E-state index in [-0.39, 0.29) is 16.4 Å². The van der Waals surface area contributed by atoms with Gasteiger partial charge in [0.2, 0.25) is 0 Å². The number of halogens is 3. The van der Waals surface area contributed by atoms with Crippen LogP contribution in [0.3, 0.4) is 0 Å². The maximum atomic E-state index is 14.4. The summed E-state index contributed by atoms with van der Waals surface area (Å²) in [5, 5.41) is 18.1. The van der Waals surface area contributed by atoms with E-state index in [0.717, 1.165) is 18.2 Å². The van der Waals surface area contributed by atoms with Gasteiger partial charge >= 0.3 is 0 Å². The Kier molecular flexibility index (Phi) is 4.71. The van der Waals surface area contributed by atoms with Crippen LogP contribution in [0.25, 0.3) is 11.1 Å². The monoisotopic (exact) mass is 393 g/mol. The second kappa shape index (κ2) is 6.84. The van der Waals surface area contributed by atoms with Crippen LogP contribution in [0, 0.1) is 28.7 Å². The summed E-state index contributed by atoms with van der Waals surface area (Å²) in [4.78, 5) is 10.1. The van der Waals surface area contributed by atoms with Crippen LogP contribution < -0.4 is 11.1 Å². The quantitative estimate of drug-likeness (QED) is 0.384.